The lowest BCUT2D eigenvalue weighted by atomic mass is 9.98. The minimum Gasteiger partial charge on any atom is -0.480 e. The Morgan fingerprint density at radius 2 is 2.00 bits per heavy atom. The largest absolute Gasteiger partial charge is 0.480 e. The first kappa shape index (κ1) is 17.6. The number of piperidine rings is 1. The average molecular weight is 310 g/mol. The molecule has 0 spiro atoms. The molecule has 1 N–H and O–H groups in total. The molecule has 0 aromatic heterocycles. The van der Waals surface area contributed by atoms with E-state index in [0.717, 1.165) is 9.80 Å². The molecular weight excluding hydrogens is 289 g/mol. The highest BCUT2D eigenvalue weighted by Crippen LogP contribution is 2.33. The van der Waals surface area contributed by atoms with Crippen molar-refractivity contribution < 1.29 is 27.9 Å². The molecule has 0 bridgehead atoms. The van der Waals surface area contributed by atoms with Crippen LogP contribution in [0.2, 0.25) is 0 Å². The number of alkyl halides is 3. The molecule has 2 amide bonds. The van der Waals surface area contributed by atoms with Crippen molar-refractivity contribution in [2.75, 3.05) is 26.2 Å². The summed E-state index contributed by atoms with van der Waals surface area (Å²) in [6.07, 6.45) is -4.04. The minimum absolute atomic E-state index is 0.0103. The van der Waals surface area contributed by atoms with E-state index in [-0.39, 0.29) is 31.8 Å². The molecular formula is C13H21F3N2O3. The Hall–Kier alpha value is -1.47. The number of halogens is 3. The molecule has 0 aliphatic carbocycles. The SMILES string of the molecule is CC(C)CN(CC(=O)O)C(=O)N1CCCC(C(F)(F)F)C1. The number of rotatable bonds is 4. The predicted octanol–water partition coefficient (Wildman–Crippen LogP) is 2.42. The lowest BCUT2D eigenvalue weighted by Gasteiger charge is -2.37. The third kappa shape index (κ3) is 5.43. The summed E-state index contributed by atoms with van der Waals surface area (Å²) in [4.78, 5) is 25.3. The van der Waals surface area contributed by atoms with Gasteiger partial charge in [0.25, 0.3) is 0 Å². The van der Waals surface area contributed by atoms with Crippen molar-refractivity contribution in [2.24, 2.45) is 11.8 Å². The van der Waals surface area contributed by atoms with E-state index in [2.05, 4.69) is 0 Å². The number of hydrogen-bond acceptors (Lipinski definition) is 2. The van der Waals surface area contributed by atoms with E-state index in [0.29, 0.717) is 0 Å². The third-order valence-electron chi connectivity index (χ3n) is 3.34. The normalized spacial score (nSPS) is 19.7. The Labute approximate surface area is 121 Å². The fourth-order valence-electron chi connectivity index (χ4n) is 2.43. The highest BCUT2D eigenvalue weighted by Gasteiger charge is 2.43. The van der Waals surface area contributed by atoms with Crippen LogP contribution >= 0.6 is 0 Å². The van der Waals surface area contributed by atoms with Crippen LogP contribution in [-0.2, 0) is 4.79 Å². The van der Waals surface area contributed by atoms with Gasteiger partial charge in [0.05, 0.1) is 5.92 Å². The lowest BCUT2D eigenvalue weighted by molar-refractivity contribution is -0.184. The monoisotopic (exact) mass is 310 g/mol. The summed E-state index contributed by atoms with van der Waals surface area (Å²) in [6, 6.07) is -0.625. The number of urea groups is 1. The molecule has 1 saturated heterocycles. The number of aliphatic carboxylic acids is 1. The van der Waals surface area contributed by atoms with Crippen LogP contribution in [0.1, 0.15) is 26.7 Å². The number of carboxylic acid groups (broad SMARTS) is 1. The van der Waals surface area contributed by atoms with E-state index in [9.17, 15) is 22.8 Å². The second kappa shape index (κ2) is 7.00. The average Bonchev–Trinajstić information content (AvgIpc) is 2.35. The molecule has 1 aliphatic heterocycles. The van der Waals surface area contributed by atoms with Gasteiger partial charge in [-0.1, -0.05) is 13.8 Å². The number of likely N-dealkylation sites (tertiary alicyclic amines) is 1. The Morgan fingerprint density at radius 1 is 1.38 bits per heavy atom. The van der Waals surface area contributed by atoms with Crippen molar-refractivity contribution in [1.29, 1.82) is 0 Å². The summed E-state index contributed by atoms with van der Waals surface area (Å²) in [5.74, 6) is -2.66. The van der Waals surface area contributed by atoms with Gasteiger partial charge >= 0.3 is 18.2 Å². The zero-order chi connectivity index (χ0) is 16.2. The van der Waals surface area contributed by atoms with Crippen molar-refractivity contribution in [3.8, 4) is 0 Å². The van der Waals surface area contributed by atoms with Gasteiger partial charge in [0.1, 0.15) is 6.54 Å². The maximum atomic E-state index is 12.8. The minimum atomic E-state index is -4.32. The number of amides is 2. The van der Waals surface area contributed by atoms with Gasteiger partial charge in [-0.15, -0.1) is 0 Å². The molecule has 5 nitrogen and oxygen atoms in total. The molecule has 1 fully saturated rings. The zero-order valence-corrected chi connectivity index (χ0v) is 12.2. The third-order valence-corrected chi connectivity index (χ3v) is 3.34. The quantitative estimate of drug-likeness (QED) is 0.867. The van der Waals surface area contributed by atoms with Gasteiger partial charge < -0.3 is 14.9 Å². The summed E-state index contributed by atoms with van der Waals surface area (Å²) in [7, 11) is 0. The first-order chi connectivity index (χ1) is 9.61. The van der Waals surface area contributed by atoms with Gasteiger partial charge in [-0.3, -0.25) is 4.79 Å². The Morgan fingerprint density at radius 3 is 2.48 bits per heavy atom. The second-order valence-corrected chi connectivity index (χ2v) is 5.78. The van der Waals surface area contributed by atoms with E-state index in [1.165, 1.54) is 0 Å². The molecule has 1 aliphatic rings. The van der Waals surface area contributed by atoms with Gasteiger partial charge in [-0.05, 0) is 18.8 Å². The second-order valence-electron chi connectivity index (χ2n) is 5.78. The fraction of sp³-hybridized carbons (Fsp3) is 0.846. The Bertz CT molecular complexity index is 385. The zero-order valence-electron chi connectivity index (χ0n) is 12.2. The van der Waals surface area contributed by atoms with Crippen LogP contribution < -0.4 is 0 Å². The van der Waals surface area contributed by atoms with Crippen molar-refractivity contribution in [3.05, 3.63) is 0 Å². The van der Waals surface area contributed by atoms with Gasteiger partial charge in [-0.25, -0.2) is 4.79 Å². The summed E-state index contributed by atoms with van der Waals surface area (Å²) < 4.78 is 38.3. The number of hydrogen-bond donors (Lipinski definition) is 1. The molecule has 1 unspecified atom stereocenters. The predicted molar refractivity (Wildman–Crippen MR) is 69.8 cm³/mol. The number of nitrogens with zero attached hydrogens (tertiary/aromatic N) is 2. The molecule has 122 valence electrons. The number of carbonyl (C=O) groups excluding carboxylic acids is 1. The lowest BCUT2D eigenvalue weighted by Crippen LogP contribution is -2.51. The summed E-state index contributed by atoms with van der Waals surface area (Å²) in [5, 5.41) is 8.83. The van der Waals surface area contributed by atoms with E-state index < -0.39 is 37.2 Å². The molecule has 0 aromatic rings. The highest BCUT2D eigenvalue weighted by atomic mass is 19.4. The smallest absolute Gasteiger partial charge is 0.393 e. The van der Waals surface area contributed by atoms with Crippen molar-refractivity contribution >= 4 is 12.0 Å². The molecule has 0 radical (unpaired) electrons. The standard InChI is InChI=1S/C13H21F3N2O3/c1-9(2)6-18(8-11(19)20)12(21)17-5-3-4-10(7-17)13(14,15)16/h9-10H,3-8H2,1-2H3,(H,19,20). The van der Waals surface area contributed by atoms with Crippen LogP contribution in [0.15, 0.2) is 0 Å². The van der Waals surface area contributed by atoms with Crippen molar-refractivity contribution in [2.45, 2.75) is 32.9 Å². The molecule has 1 heterocycles. The molecule has 21 heavy (non-hydrogen) atoms. The van der Waals surface area contributed by atoms with E-state index >= 15 is 0 Å². The van der Waals surface area contributed by atoms with Crippen LogP contribution in [-0.4, -0.2) is 59.3 Å². The summed E-state index contributed by atoms with van der Waals surface area (Å²) in [6.45, 7) is 3.19. The summed E-state index contributed by atoms with van der Waals surface area (Å²) in [5.41, 5.74) is 0. The van der Waals surface area contributed by atoms with Crippen LogP contribution in [0.3, 0.4) is 0 Å². The van der Waals surface area contributed by atoms with Crippen LogP contribution in [0.25, 0.3) is 0 Å². The first-order valence-corrected chi connectivity index (χ1v) is 6.93. The topological polar surface area (TPSA) is 60.9 Å². The number of carboxylic acids is 1. The van der Waals surface area contributed by atoms with Crippen LogP contribution in [0, 0.1) is 11.8 Å². The summed E-state index contributed by atoms with van der Waals surface area (Å²) >= 11 is 0. The van der Waals surface area contributed by atoms with Gasteiger partial charge in [-0.2, -0.15) is 13.2 Å². The molecule has 1 rings (SSSR count). The van der Waals surface area contributed by atoms with Gasteiger partial charge in [0.2, 0.25) is 0 Å². The number of carbonyl (C=O) groups is 2. The molecule has 1 atom stereocenters. The van der Waals surface area contributed by atoms with E-state index in [1.807, 2.05) is 13.8 Å². The first-order valence-electron chi connectivity index (χ1n) is 6.93. The van der Waals surface area contributed by atoms with Crippen molar-refractivity contribution in [3.63, 3.8) is 0 Å². The maximum Gasteiger partial charge on any atom is 0.393 e. The molecule has 8 heteroatoms. The molecule has 0 saturated carbocycles. The van der Waals surface area contributed by atoms with E-state index in [1.54, 1.807) is 0 Å². The Balaban J connectivity index is 2.75. The van der Waals surface area contributed by atoms with E-state index in [4.69, 9.17) is 5.11 Å². The van der Waals surface area contributed by atoms with Crippen LogP contribution in [0.5, 0.6) is 0 Å². The van der Waals surface area contributed by atoms with Gasteiger partial charge in [0, 0.05) is 19.6 Å². The molecule has 0 aromatic carbocycles. The van der Waals surface area contributed by atoms with Gasteiger partial charge in [0.15, 0.2) is 0 Å². The van der Waals surface area contributed by atoms with Crippen molar-refractivity contribution in [1.82, 2.24) is 9.80 Å². The fourth-order valence-corrected chi connectivity index (χ4v) is 2.43. The van der Waals surface area contributed by atoms with Crippen LogP contribution in [0.4, 0.5) is 18.0 Å². The maximum absolute atomic E-state index is 12.8. The Kier molecular flexibility index (Phi) is 5.86. The highest BCUT2D eigenvalue weighted by molar-refractivity contribution is 5.80.